The van der Waals surface area contributed by atoms with Crippen LogP contribution in [0.3, 0.4) is 0 Å². The van der Waals surface area contributed by atoms with E-state index in [4.69, 9.17) is 5.73 Å². The summed E-state index contributed by atoms with van der Waals surface area (Å²) in [5, 5.41) is 5.66. The Morgan fingerprint density at radius 3 is 2.50 bits per heavy atom. The lowest BCUT2D eigenvalue weighted by Crippen LogP contribution is -2.43. The van der Waals surface area contributed by atoms with E-state index in [2.05, 4.69) is 15.6 Å². The van der Waals surface area contributed by atoms with Crippen molar-refractivity contribution >= 4 is 34.1 Å². The number of nitrogens with one attached hydrogen (secondary N) is 2. The van der Waals surface area contributed by atoms with Crippen molar-refractivity contribution in [3.05, 3.63) is 4.88 Å². The van der Waals surface area contributed by atoms with Gasteiger partial charge in [-0.3, -0.25) is 9.59 Å². The number of anilines is 2. The van der Waals surface area contributed by atoms with E-state index in [1.165, 1.54) is 18.4 Å². The molecular formula is C10H17N5O2S. The zero-order chi connectivity index (χ0) is 13.9. The molecular weight excluding hydrogens is 254 g/mol. The van der Waals surface area contributed by atoms with Crippen molar-refractivity contribution in [3.63, 3.8) is 0 Å². The lowest BCUT2D eigenvalue weighted by Gasteiger charge is -2.11. The van der Waals surface area contributed by atoms with Crippen molar-refractivity contribution in [2.24, 2.45) is 0 Å². The smallest absolute Gasteiger partial charge is 0.265 e. The van der Waals surface area contributed by atoms with Gasteiger partial charge in [0.25, 0.3) is 5.91 Å². The summed E-state index contributed by atoms with van der Waals surface area (Å²) in [5.41, 5.74) is 5.68. The number of likely N-dealkylation sites (N-methyl/N-ethyl adjacent to an activating group) is 1. The summed E-state index contributed by atoms with van der Waals surface area (Å²) in [5.74, 6) is -0.487. The molecule has 2 amide bonds. The molecule has 0 spiro atoms. The van der Waals surface area contributed by atoms with Crippen molar-refractivity contribution in [2.75, 3.05) is 31.8 Å². The fourth-order valence-corrected chi connectivity index (χ4v) is 2.03. The third kappa shape index (κ3) is 3.10. The Morgan fingerprint density at radius 1 is 1.44 bits per heavy atom. The third-order valence-electron chi connectivity index (χ3n) is 2.22. The van der Waals surface area contributed by atoms with Crippen LogP contribution in [0.15, 0.2) is 0 Å². The Hall–Kier alpha value is -1.83. The van der Waals surface area contributed by atoms with Crippen LogP contribution in [0.2, 0.25) is 0 Å². The first-order valence-corrected chi connectivity index (χ1v) is 6.14. The third-order valence-corrected chi connectivity index (χ3v) is 3.46. The summed E-state index contributed by atoms with van der Waals surface area (Å²) in [6, 6.07) is -0.619. The lowest BCUT2D eigenvalue weighted by molar-refractivity contribution is -0.122. The van der Waals surface area contributed by atoms with Crippen molar-refractivity contribution in [1.82, 2.24) is 15.6 Å². The van der Waals surface area contributed by atoms with E-state index < -0.39 is 11.9 Å². The number of aromatic nitrogens is 1. The minimum absolute atomic E-state index is 0.172. The first kappa shape index (κ1) is 14.2. The molecule has 7 nitrogen and oxygen atoms in total. The van der Waals surface area contributed by atoms with Gasteiger partial charge < -0.3 is 21.3 Å². The van der Waals surface area contributed by atoms with Crippen LogP contribution in [0.5, 0.6) is 0 Å². The maximum absolute atomic E-state index is 11.9. The Morgan fingerprint density at radius 2 is 2.06 bits per heavy atom. The molecule has 4 N–H and O–H groups in total. The Labute approximate surface area is 109 Å². The molecule has 1 atom stereocenters. The molecule has 0 saturated heterocycles. The second-order valence-electron chi connectivity index (χ2n) is 3.91. The van der Waals surface area contributed by atoms with Crippen LogP contribution in [0, 0.1) is 0 Å². The van der Waals surface area contributed by atoms with Gasteiger partial charge in [-0.1, -0.05) is 11.3 Å². The summed E-state index contributed by atoms with van der Waals surface area (Å²) in [6.07, 6.45) is 0. The van der Waals surface area contributed by atoms with E-state index in [-0.39, 0.29) is 11.7 Å². The van der Waals surface area contributed by atoms with E-state index in [0.717, 1.165) is 0 Å². The first-order valence-electron chi connectivity index (χ1n) is 5.33. The highest BCUT2D eigenvalue weighted by Crippen LogP contribution is 2.26. The van der Waals surface area contributed by atoms with Crippen molar-refractivity contribution in [3.8, 4) is 0 Å². The molecule has 0 saturated carbocycles. The Kier molecular flexibility index (Phi) is 4.49. The number of nitrogens with two attached hydrogens (primary N) is 1. The second-order valence-corrected chi connectivity index (χ2v) is 4.89. The predicted octanol–water partition coefficient (Wildman–Crippen LogP) is -0.344. The molecule has 1 aromatic rings. The van der Waals surface area contributed by atoms with Crippen molar-refractivity contribution < 1.29 is 9.59 Å². The summed E-state index contributed by atoms with van der Waals surface area (Å²) in [4.78, 5) is 29.4. The SMILES string of the molecule is CNC(=O)C(C)NC(=O)c1sc(N(C)C)nc1N. The van der Waals surface area contributed by atoms with Crippen molar-refractivity contribution in [1.29, 1.82) is 0 Å². The molecule has 1 unspecified atom stereocenters. The molecule has 0 aliphatic rings. The summed E-state index contributed by atoms with van der Waals surface area (Å²) >= 11 is 1.18. The van der Waals surface area contributed by atoms with E-state index >= 15 is 0 Å². The topological polar surface area (TPSA) is 100 Å². The number of carbonyl (C=O) groups is 2. The molecule has 100 valence electrons. The van der Waals surface area contributed by atoms with Crippen LogP contribution < -0.4 is 21.3 Å². The zero-order valence-electron chi connectivity index (χ0n) is 10.8. The van der Waals surface area contributed by atoms with Gasteiger partial charge in [-0.15, -0.1) is 0 Å². The van der Waals surface area contributed by atoms with Gasteiger partial charge in [0.15, 0.2) is 5.13 Å². The van der Waals surface area contributed by atoms with E-state index in [0.29, 0.717) is 10.0 Å². The van der Waals surface area contributed by atoms with Crippen LogP contribution >= 0.6 is 11.3 Å². The second kappa shape index (κ2) is 5.67. The number of nitrogen functional groups attached to an aromatic ring is 1. The van der Waals surface area contributed by atoms with Gasteiger partial charge >= 0.3 is 0 Å². The molecule has 0 aliphatic heterocycles. The molecule has 0 bridgehead atoms. The Bertz CT molecular complexity index is 457. The molecule has 0 aromatic carbocycles. The van der Waals surface area contributed by atoms with E-state index in [1.54, 1.807) is 11.8 Å². The molecule has 8 heteroatoms. The summed E-state index contributed by atoms with van der Waals surface area (Å²) in [6.45, 7) is 1.60. The minimum Gasteiger partial charge on any atom is -0.382 e. The van der Waals surface area contributed by atoms with Gasteiger partial charge in [0.1, 0.15) is 16.7 Å². The Balaban J connectivity index is 2.81. The maximum Gasteiger partial charge on any atom is 0.265 e. The summed E-state index contributed by atoms with van der Waals surface area (Å²) < 4.78 is 0. The quantitative estimate of drug-likeness (QED) is 0.695. The number of nitrogens with zero attached hydrogens (tertiary/aromatic N) is 2. The maximum atomic E-state index is 11.9. The number of thiazole rings is 1. The average Bonchev–Trinajstić information content (AvgIpc) is 2.70. The summed E-state index contributed by atoms with van der Waals surface area (Å²) in [7, 11) is 5.14. The van der Waals surface area contributed by atoms with Crippen LogP contribution in [0.4, 0.5) is 10.9 Å². The number of amides is 2. The van der Waals surface area contributed by atoms with Gasteiger partial charge in [-0.2, -0.15) is 0 Å². The average molecular weight is 271 g/mol. The normalized spacial score (nSPS) is 11.8. The minimum atomic E-state index is -0.619. The molecule has 1 aromatic heterocycles. The molecule has 0 radical (unpaired) electrons. The fraction of sp³-hybridized carbons (Fsp3) is 0.500. The zero-order valence-corrected chi connectivity index (χ0v) is 11.6. The van der Waals surface area contributed by atoms with Gasteiger partial charge in [0.05, 0.1) is 0 Å². The van der Waals surface area contributed by atoms with E-state index in [1.807, 2.05) is 14.1 Å². The van der Waals surface area contributed by atoms with Crippen LogP contribution in [0.25, 0.3) is 0 Å². The van der Waals surface area contributed by atoms with Crippen LogP contribution in [-0.4, -0.2) is 44.0 Å². The highest BCUT2D eigenvalue weighted by atomic mass is 32.1. The van der Waals surface area contributed by atoms with Gasteiger partial charge in [0, 0.05) is 21.1 Å². The van der Waals surface area contributed by atoms with Crippen molar-refractivity contribution in [2.45, 2.75) is 13.0 Å². The van der Waals surface area contributed by atoms with Crippen LogP contribution in [0.1, 0.15) is 16.6 Å². The molecule has 0 aliphatic carbocycles. The molecule has 1 rings (SSSR count). The first-order chi connectivity index (χ1) is 8.36. The number of rotatable bonds is 4. The molecule has 0 fully saturated rings. The lowest BCUT2D eigenvalue weighted by atomic mass is 10.3. The van der Waals surface area contributed by atoms with Gasteiger partial charge in [0.2, 0.25) is 5.91 Å². The number of carbonyl (C=O) groups excluding carboxylic acids is 2. The highest BCUT2D eigenvalue weighted by Gasteiger charge is 2.20. The van der Waals surface area contributed by atoms with Gasteiger partial charge in [-0.25, -0.2) is 4.98 Å². The molecule has 1 heterocycles. The number of hydrogen-bond donors (Lipinski definition) is 3. The monoisotopic (exact) mass is 271 g/mol. The van der Waals surface area contributed by atoms with Crippen LogP contribution in [-0.2, 0) is 4.79 Å². The van der Waals surface area contributed by atoms with Gasteiger partial charge in [-0.05, 0) is 6.92 Å². The number of hydrogen-bond acceptors (Lipinski definition) is 6. The highest BCUT2D eigenvalue weighted by molar-refractivity contribution is 7.18. The fourth-order valence-electron chi connectivity index (χ4n) is 1.22. The van der Waals surface area contributed by atoms with E-state index in [9.17, 15) is 9.59 Å². The predicted molar refractivity (Wildman–Crippen MR) is 71.8 cm³/mol. The molecule has 18 heavy (non-hydrogen) atoms. The largest absolute Gasteiger partial charge is 0.382 e. The standard InChI is InChI=1S/C10H17N5O2S/c1-5(8(16)12-2)13-9(17)6-7(11)14-10(18-6)15(3)4/h5H,11H2,1-4H3,(H,12,16)(H,13,17).